The second-order valence-electron chi connectivity index (χ2n) is 7.11. The molecule has 1 saturated heterocycles. The molecule has 2 amide bonds. The lowest BCUT2D eigenvalue weighted by molar-refractivity contribution is -0.121. The largest absolute Gasteiger partial charge is 0.367 e. The molecule has 0 atom stereocenters. The van der Waals surface area contributed by atoms with Crippen LogP contribution in [0.3, 0.4) is 0 Å². The molecule has 0 saturated carbocycles. The summed E-state index contributed by atoms with van der Waals surface area (Å²) in [4.78, 5) is 28.7. The van der Waals surface area contributed by atoms with E-state index in [1.807, 2.05) is 6.07 Å². The molecule has 3 aromatic rings. The highest BCUT2D eigenvalue weighted by molar-refractivity contribution is 7.89. The molecule has 1 aromatic carbocycles. The fraction of sp³-hybridized carbons (Fsp3) is 0.190. The van der Waals surface area contributed by atoms with Crippen molar-refractivity contribution < 1.29 is 18.0 Å². The molecular formula is C21H21N7O4S. The molecule has 4 rings (SSSR count). The van der Waals surface area contributed by atoms with Crippen LogP contribution in [0.1, 0.15) is 12.8 Å². The zero-order valence-electron chi connectivity index (χ0n) is 17.4. The summed E-state index contributed by atoms with van der Waals surface area (Å²) in [6.45, 7) is 0.405. The Bertz CT molecular complexity index is 1220. The zero-order valence-corrected chi connectivity index (χ0v) is 18.2. The minimum Gasteiger partial charge on any atom is -0.367 e. The number of carbonyl (C=O) groups is 2. The van der Waals surface area contributed by atoms with Gasteiger partial charge in [-0.1, -0.05) is 0 Å². The van der Waals surface area contributed by atoms with Crippen LogP contribution in [0.4, 0.5) is 23.0 Å². The Hall–Kier alpha value is -3.90. The molecular weight excluding hydrogens is 446 g/mol. The van der Waals surface area contributed by atoms with E-state index < -0.39 is 10.0 Å². The van der Waals surface area contributed by atoms with Crippen molar-refractivity contribution in [2.24, 2.45) is 0 Å². The monoisotopic (exact) mass is 467 g/mol. The van der Waals surface area contributed by atoms with E-state index in [4.69, 9.17) is 0 Å². The predicted octanol–water partition coefficient (Wildman–Crippen LogP) is 1.66. The first-order valence-electron chi connectivity index (χ1n) is 10.1. The van der Waals surface area contributed by atoms with Gasteiger partial charge in [0.05, 0.1) is 22.5 Å². The lowest BCUT2D eigenvalue weighted by Crippen LogP contribution is -2.30. The number of amides is 2. The van der Waals surface area contributed by atoms with Gasteiger partial charge in [-0.2, -0.15) is 0 Å². The summed E-state index contributed by atoms with van der Waals surface area (Å²) in [6, 6.07) is 12.7. The molecule has 170 valence electrons. The van der Waals surface area contributed by atoms with E-state index >= 15 is 0 Å². The third-order valence-electron chi connectivity index (χ3n) is 4.78. The number of anilines is 4. The average Bonchev–Trinajstić information content (AvgIpc) is 3.16. The summed E-state index contributed by atoms with van der Waals surface area (Å²) < 4.78 is 27.5. The lowest BCUT2D eigenvalue weighted by atomic mass is 10.3. The van der Waals surface area contributed by atoms with Crippen molar-refractivity contribution in [2.45, 2.75) is 17.7 Å². The normalized spacial score (nSPS) is 13.9. The standard InChI is InChI=1S/C21H21N7O4S/c29-20-9-10-21(30)28(20)16-3-5-17(6-4-16)33(31,32)24-13-12-23-18-7-8-19(27-26-18)25-15-2-1-11-22-14-15/h1-8,11,14,24H,9-10,12-13H2,(H,23,26)(H,25,27). The first-order chi connectivity index (χ1) is 15.9. The van der Waals surface area contributed by atoms with Crippen LogP contribution in [0.15, 0.2) is 65.8 Å². The Kier molecular flexibility index (Phi) is 6.56. The predicted molar refractivity (Wildman–Crippen MR) is 121 cm³/mol. The van der Waals surface area contributed by atoms with E-state index in [2.05, 4.69) is 30.5 Å². The van der Waals surface area contributed by atoms with Crippen LogP contribution in [0.25, 0.3) is 0 Å². The maximum absolute atomic E-state index is 12.5. The lowest BCUT2D eigenvalue weighted by Gasteiger charge is -2.14. The van der Waals surface area contributed by atoms with E-state index in [-0.39, 0.29) is 42.6 Å². The van der Waals surface area contributed by atoms with Crippen LogP contribution in [-0.4, -0.2) is 48.5 Å². The van der Waals surface area contributed by atoms with Crippen molar-refractivity contribution in [1.29, 1.82) is 0 Å². The number of sulfonamides is 1. The molecule has 12 heteroatoms. The number of pyridine rings is 1. The molecule has 3 heterocycles. The fourth-order valence-corrected chi connectivity index (χ4v) is 4.21. The molecule has 3 N–H and O–H groups in total. The highest BCUT2D eigenvalue weighted by Gasteiger charge is 2.30. The van der Waals surface area contributed by atoms with Gasteiger partial charge in [-0.3, -0.25) is 19.5 Å². The van der Waals surface area contributed by atoms with E-state index in [9.17, 15) is 18.0 Å². The number of nitrogens with one attached hydrogen (secondary N) is 3. The van der Waals surface area contributed by atoms with Crippen molar-refractivity contribution in [3.8, 4) is 0 Å². The maximum atomic E-state index is 12.5. The summed E-state index contributed by atoms with van der Waals surface area (Å²) in [5, 5.41) is 14.2. The van der Waals surface area contributed by atoms with Gasteiger partial charge in [0.1, 0.15) is 5.82 Å². The van der Waals surface area contributed by atoms with Gasteiger partial charge in [-0.25, -0.2) is 13.1 Å². The Labute approximate surface area is 190 Å². The smallest absolute Gasteiger partial charge is 0.240 e. The van der Waals surface area contributed by atoms with Gasteiger partial charge in [0, 0.05) is 32.1 Å². The van der Waals surface area contributed by atoms with Crippen LogP contribution in [-0.2, 0) is 19.6 Å². The van der Waals surface area contributed by atoms with Crippen molar-refractivity contribution in [3.05, 3.63) is 60.9 Å². The van der Waals surface area contributed by atoms with Gasteiger partial charge >= 0.3 is 0 Å². The highest BCUT2D eigenvalue weighted by atomic mass is 32.2. The molecule has 0 aliphatic carbocycles. The molecule has 0 bridgehead atoms. The Morgan fingerprint density at radius 3 is 2.21 bits per heavy atom. The quantitative estimate of drug-likeness (QED) is 0.316. The maximum Gasteiger partial charge on any atom is 0.240 e. The minimum absolute atomic E-state index is 0.0379. The Balaban J connectivity index is 1.27. The molecule has 0 unspecified atom stereocenters. The summed E-state index contributed by atoms with van der Waals surface area (Å²) >= 11 is 0. The van der Waals surface area contributed by atoms with Gasteiger partial charge in [0.15, 0.2) is 5.82 Å². The highest BCUT2D eigenvalue weighted by Crippen LogP contribution is 2.24. The molecule has 33 heavy (non-hydrogen) atoms. The second-order valence-corrected chi connectivity index (χ2v) is 8.88. The van der Waals surface area contributed by atoms with Crippen molar-refractivity contribution in [1.82, 2.24) is 19.9 Å². The molecule has 1 aliphatic heterocycles. The average molecular weight is 468 g/mol. The number of hydrogen-bond acceptors (Lipinski definition) is 9. The third kappa shape index (κ3) is 5.48. The SMILES string of the molecule is O=C1CCC(=O)N1c1ccc(S(=O)(=O)NCCNc2ccc(Nc3cccnc3)nn2)cc1. The minimum atomic E-state index is -3.75. The van der Waals surface area contributed by atoms with E-state index in [0.717, 1.165) is 10.6 Å². The summed E-state index contributed by atoms with van der Waals surface area (Å²) in [7, 11) is -3.75. The molecule has 11 nitrogen and oxygen atoms in total. The summed E-state index contributed by atoms with van der Waals surface area (Å²) in [5.74, 6) is 0.470. The number of benzene rings is 1. The number of aromatic nitrogens is 3. The summed E-state index contributed by atoms with van der Waals surface area (Å²) in [5.41, 5.74) is 1.15. The topological polar surface area (TPSA) is 146 Å². The third-order valence-corrected chi connectivity index (χ3v) is 6.26. The van der Waals surface area contributed by atoms with E-state index in [1.54, 1.807) is 30.6 Å². The van der Waals surface area contributed by atoms with E-state index in [0.29, 0.717) is 17.3 Å². The van der Waals surface area contributed by atoms with Crippen molar-refractivity contribution in [3.63, 3.8) is 0 Å². The molecule has 1 fully saturated rings. The zero-order chi connectivity index (χ0) is 23.3. The molecule has 0 radical (unpaired) electrons. The number of hydrogen-bond donors (Lipinski definition) is 3. The first kappa shape index (κ1) is 22.3. The van der Waals surface area contributed by atoms with Gasteiger partial charge in [0.2, 0.25) is 21.8 Å². The van der Waals surface area contributed by atoms with Crippen molar-refractivity contribution in [2.75, 3.05) is 28.6 Å². The van der Waals surface area contributed by atoms with Gasteiger partial charge in [-0.05, 0) is 48.5 Å². The molecule has 1 aliphatic rings. The van der Waals surface area contributed by atoms with Gasteiger partial charge in [-0.15, -0.1) is 10.2 Å². The number of carbonyl (C=O) groups excluding carboxylic acids is 2. The van der Waals surface area contributed by atoms with Crippen LogP contribution >= 0.6 is 0 Å². The van der Waals surface area contributed by atoms with Gasteiger partial charge < -0.3 is 10.6 Å². The molecule has 2 aromatic heterocycles. The number of rotatable bonds is 9. The second kappa shape index (κ2) is 9.71. The van der Waals surface area contributed by atoms with Crippen LogP contribution in [0.5, 0.6) is 0 Å². The molecule has 0 spiro atoms. The summed E-state index contributed by atoms with van der Waals surface area (Å²) in [6.07, 6.45) is 3.67. The number of nitrogens with zero attached hydrogens (tertiary/aromatic N) is 4. The Morgan fingerprint density at radius 1 is 0.879 bits per heavy atom. The van der Waals surface area contributed by atoms with Gasteiger partial charge in [0.25, 0.3) is 0 Å². The van der Waals surface area contributed by atoms with E-state index in [1.165, 1.54) is 24.3 Å². The van der Waals surface area contributed by atoms with Crippen molar-refractivity contribution >= 4 is 44.8 Å². The van der Waals surface area contributed by atoms with Crippen LogP contribution in [0.2, 0.25) is 0 Å². The number of imide groups is 1. The first-order valence-corrected chi connectivity index (χ1v) is 11.6. The Morgan fingerprint density at radius 2 is 1.58 bits per heavy atom. The fourth-order valence-electron chi connectivity index (χ4n) is 3.18. The van der Waals surface area contributed by atoms with Crippen LogP contribution < -0.4 is 20.3 Å². The van der Waals surface area contributed by atoms with Crippen LogP contribution in [0, 0.1) is 0 Å².